The Bertz CT molecular complexity index is 299. The average Bonchev–Trinajstić information content (AvgIpc) is 2.53. The van der Waals surface area contributed by atoms with Gasteiger partial charge >= 0.3 is 0 Å². The predicted molar refractivity (Wildman–Crippen MR) is 83.3 cm³/mol. The van der Waals surface area contributed by atoms with Crippen LogP contribution in [0.5, 0.6) is 0 Å². The Kier molecular flexibility index (Phi) is 6.34. The molecule has 0 aromatic carbocycles. The molecule has 20 heavy (non-hydrogen) atoms. The summed E-state index contributed by atoms with van der Waals surface area (Å²) in [5.41, 5.74) is 5.86. The van der Waals surface area contributed by atoms with E-state index in [1.807, 2.05) is 0 Å². The van der Waals surface area contributed by atoms with Crippen molar-refractivity contribution in [2.75, 3.05) is 6.54 Å². The van der Waals surface area contributed by atoms with Crippen LogP contribution in [-0.2, 0) is 4.79 Å². The highest BCUT2D eigenvalue weighted by molar-refractivity contribution is 5.79. The predicted octanol–water partition coefficient (Wildman–Crippen LogP) is 3.23. The maximum absolute atomic E-state index is 12.6. The quantitative estimate of drug-likeness (QED) is 0.812. The maximum Gasteiger partial charge on any atom is 0.223 e. The molecule has 3 N–H and O–H groups in total. The molecule has 2 saturated carbocycles. The van der Waals surface area contributed by atoms with Gasteiger partial charge in [-0.15, -0.1) is 0 Å². The second kappa shape index (κ2) is 8.02. The number of nitrogens with one attached hydrogen (secondary N) is 1. The van der Waals surface area contributed by atoms with Crippen molar-refractivity contribution in [3.8, 4) is 0 Å². The Hall–Kier alpha value is -0.570. The van der Waals surface area contributed by atoms with E-state index in [1.54, 1.807) is 0 Å². The van der Waals surface area contributed by atoms with Gasteiger partial charge in [0.15, 0.2) is 0 Å². The minimum atomic E-state index is 0.173. The van der Waals surface area contributed by atoms with Gasteiger partial charge in [-0.25, -0.2) is 0 Å². The van der Waals surface area contributed by atoms with Crippen molar-refractivity contribution < 1.29 is 4.79 Å². The number of amides is 1. The van der Waals surface area contributed by atoms with Crippen molar-refractivity contribution in [3.63, 3.8) is 0 Å². The lowest BCUT2D eigenvalue weighted by Crippen LogP contribution is -2.46. The molecule has 3 unspecified atom stereocenters. The van der Waals surface area contributed by atoms with E-state index in [2.05, 4.69) is 12.2 Å². The van der Waals surface area contributed by atoms with Crippen LogP contribution in [0.2, 0.25) is 0 Å². The summed E-state index contributed by atoms with van der Waals surface area (Å²) in [7, 11) is 0. The first-order chi connectivity index (χ1) is 9.76. The minimum absolute atomic E-state index is 0.173. The molecule has 2 aliphatic rings. The second-order valence-corrected chi connectivity index (χ2v) is 6.81. The third-order valence-electron chi connectivity index (χ3n) is 5.53. The zero-order chi connectivity index (χ0) is 14.4. The van der Waals surface area contributed by atoms with Gasteiger partial charge < -0.3 is 11.1 Å². The molecule has 0 bridgehead atoms. The van der Waals surface area contributed by atoms with Crippen LogP contribution in [0.3, 0.4) is 0 Å². The van der Waals surface area contributed by atoms with Gasteiger partial charge in [0.2, 0.25) is 5.91 Å². The molecule has 2 rings (SSSR count). The molecule has 3 heteroatoms. The summed E-state index contributed by atoms with van der Waals surface area (Å²) in [4.78, 5) is 12.6. The molecule has 3 nitrogen and oxygen atoms in total. The molecule has 2 aliphatic carbocycles. The fourth-order valence-electron chi connectivity index (χ4n) is 4.21. The number of hydrogen-bond donors (Lipinski definition) is 2. The number of rotatable bonds is 5. The van der Waals surface area contributed by atoms with Gasteiger partial charge in [0.25, 0.3) is 0 Å². The van der Waals surface area contributed by atoms with Crippen LogP contribution in [0.15, 0.2) is 0 Å². The molecule has 0 aromatic rings. The highest BCUT2D eigenvalue weighted by atomic mass is 16.2. The van der Waals surface area contributed by atoms with Crippen molar-refractivity contribution in [1.82, 2.24) is 5.32 Å². The van der Waals surface area contributed by atoms with Crippen molar-refractivity contribution in [2.24, 2.45) is 23.5 Å². The first kappa shape index (κ1) is 15.8. The first-order valence-corrected chi connectivity index (χ1v) is 8.76. The lowest BCUT2D eigenvalue weighted by Gasteiger charge is -2.34. The van der Waals surface area contributed by atoms with E-state index >= 15 is 0 Å². The van der Waals surface area contributed by atoms with Crippen LogP contribution in [-0.4, -0.2) is 18.5 Å². The topological polar surface area (TPSA) is 55.1 Å². The SMILES string of the molecule is CCC(NC(=O)C1CCCCC1CN)C1CCCCC1. The summed E-state index contributed by atoms with van der Waals surface area (Å²) in [6.07, 6.45) is 12.3. The van der Waals surface area contributed by atoms with E-state index in [0.717, 1.165) is 19.3 Å². The molecule has 0 radical (unpaired) electrons. The van der Waals surface area contributed by atoms with Crippen LogP contribution in [0, 0.1) is 17.8 Å². The van der Waals surface area contributed by atoms with Crippen LogP contribution >= 0.6 is 0 Å². The van der Waals surface area contributed by atoms with E-state index in [9.17, 15) is 4.79 Å². The molecule has 1 amide bonds. The molecule has 2 fully saturated rings. The molecule has 0 aromatic heterocycles. The maximum atomic E-state index is 12.6. The second-order valence-electron chi connectivity index (χ2n) is 6.81. The van der Waals surface area contributed by atoms with Gasteiger partial charge in [0.1, 0.15) is 0 Å². The van der Waals surface area contributed by atoms with Gasteiger partial charge in [0, 0.05) is 12.0 Å². The van der Waals surface area contributed by atoms with Crippen LogP contribution in [0.25, 0.3) is 0 Å². The van der Waals surface area contributed by atoms with Gasteiger partial charge in [0.05, 0.1) is 0 Å². The normalized spacial score (nSPS) is 29.9. The van der Waals surface area contributed by atoms with Crippen molar-refractivity contribution in [1.29, 1.82) is 0 Å². The minimum Gasteiger partial charge on any atom is -0.353 e. The molecule has 0 saturated heterocycles. The number of hydrogen-bond acceptors (Lipinski definition) is 2. The highest BCUT2D eigenvalue weighted by Crippen LogP contribution is 2.31. The zero-order valence-electron chi connectivity index (χ0n) is 13.1. The molecular weight excluding hydrogens is 248 g/mol. The summed E-state index contributed by atoms with van der Waals surface area (Å²) in [5.74, 6) is 1.58. The summed E-state index contributed by atoms with van der Waals surface area (Å²) in [6, 6.07) is 0.392. The summed E-state index contributed by atoms with van der Waals surface area (Å²) in [5, 5.41) is 3.38. The monoisotopic (exact) mass is 280 g/mol. The summed E-state index contributed by atoms with van der Waals surface area (Å²) < 4.78 is 0. The third-order valence-corrected chi connectivity index (χ3v) is 5.53. The standard InChI is InChI=1S/C17H32N2O/c1-2-16(13-8-4-3-5-9-13)19-17(20)15-11-7-6-10-14(15)12-18/h13-16H,2-12,18H2,1H3,(H,19,20). The number of nitrogens with two attached hydrogens (primary N) is 1. The van der Waals surface area contributed by atoms with Crippen molar-refractivity contribution in [3.05, 3.63) is 0 Å². The van der Waals surface area contributed by atoms with Crippen LogP contribution in [0.1, 0.15) is 71.1 Å². The first-order valence-electron chi connectivity index (χ1n) is 8.76. The average molecular weight is 280 g/mol. The third kappa shape index (κ3) is 3.97. The van der Waals surface area contributed by atoms with Gasteiger partial charge in [-0.3, -0.25) is 4.79 Å². The lowest BCUT2D eigenvalue weighted by molar-refractivity contribution is -0.128. The fraction of sp³-hybridized carbons (Fsp3) is 0.941. The Labute approximate surface area is 124 Å². The Morgan fingerprint density at radius 1 is 1.10 bits per heavy atom. The van der Waals surface area contributed by atoms with Crippen molar-refractivity contribution >= 4 is 5.91 Å². The summed E-state index contributed by atoms with van der Waals surface area (Å²) >= 11 is 0. The van der Waals surface area contributed by atoms with Gasteiger partial charge in [-0.2, -0.15) is 0 Å². The Balaban J connectivity index is 1.90. The van der Waals surface area contributed by atoms with E-state index in [0.29, 0.717) is 24.4 Å². The molecule has 0 heterocycles. The van der Waals surface area contributed by atoms with Crippen molar-refractivity contribution in [2.45, 2.75) is 77.2 Å². The number of carbonyl (C=O) groups is 1. The van der Waals surface area contributed by atoms with Gasteiger partial charge in [-0.1, -0.05) is 39.0 Å². The highest BCUT2D eigenvalue weighted by Gasteiger charge is 2.32. The Morgan fingerprint density at radius 3 is 2.40 bits per heavy atom. The van der Waals surface area contributed by atoms with Gasteiger partial charge in [-0.05, 0) is 50.5 Å². The number of carbonyl (C=O) groups excluding carboxylic acids is 1. The smallest absolute Gasteiger partial charge is 0.223 e. The molecule has 0 aliphatic heterocycles. The van der Waals surface area contributed by atoms with E-state index < -0.39 is 0 Å². The Morgan fingerprint density at radius 2 is 1.75 bits per heavy atom. The van der Waals surface area contributed by atoms with E-state index in [4.69, 9.17) is 5.73 Å². The molecule has 116 valence electrons. The molecule has 0 spiro atoms. The molecular formula is C17H32N2O. The molecule has 3 atom stereocenters. The van der Waals surface area contributed by atoms with E-state index in [1.165, 1.54) is 44.9 Å². The van der Waals surface area contributed by atoms with Crippen LogP contribution < -0.4 is 11.1 Å². The fourth-order valence-corrected chi connectivity index (χ4v) is 4.21. The van der Waals surface area contributed by atoms with E-state index in [-0.39, 0.29) is 11.8 Å². The van der Waals surface area contributed by atoms with Crippen LogP contribution in [0.4, 0.5) is 0 Å². The summed E-state index contributed by atoms with van der Waals surface area (Å²) in [6.45, 7) is 2.87. The zero-order valence-corrected chi connectivity index (χ0v) is 13.1. The lowest BCUT2D eigenvalue weighted by atomic mass is 9.78. The largest absolute Gasteiger partial charge is 0.353 e.